The number of halogens is 1. The molecule has 1 aromatic heterocycles. The Bertz CT molecular complexity index is 741. The van der Waals surface area contributed by atoms with Crippen LogP contribution in [0, 0.1) is 0 Å². The first-order valence-corrected chi connectivity index (χ1v) is 12.8. The summed E-state index contributed by atoms with van der Waals surface area (Å²) in [5, 5.41) is 11.0. The van der Waals surface area contributed by atoms with Gasteiger partial charge in [-0.05, 0) is 32.6 Å². The van der Waals surface area contributed by atoms with E-state index in [1.807, 2.05) is 13.0 Å². The van der Waals surface area contributed by atoms with E-state index < -0.39 is 9.84 Å². The lowest BCUT2D eigenvalue weighted by molar-refractivity contribution is 0.216. The number of guanidine groups is 1. The van der Waals surface area contributed by atoms with Gasteiger partial charge in [0.15, 0.2) is 11.7 Å². The fourth-order valence-electron chi connectivity index (χ4n) is 3.57. The number of rotatable bonds is 10. The molecular formula is C20H38IN5O3S. The van der Waals surface area contributed by atoms with Crippen LogP contribution in [0.1, 0.15) is 63.8 Å². The summed E-state index contributed by atoms with van der Waals surface area (Å²) in [6.07, 6.45) is 5.34. The van der Waals surface area contributed by atoms with Gasteiger partial charge in [-0.1, -0.05) is 19.0 Å². The fourth-order valence-corrected chi connectivity index (χ4v) is 4.16. The van der Waals surface area contributed by atoms with Gasteiger partial charge >= 0.3 is 0 Å². The molecule has 1 aliphatic rings. The van der Waals surface area contributed by atoms with Crippen molar-refractivity contribution in [2.24, 2.45) is 4.99 Å². The third kappa shape index (κ3) is 9.51. The van der Waals surface area contributed by atoms with Crippen molar-refractivity contribution in [3.63, 3.8) is 0 Å². The second-order valence-corrected chi connectivity index (χ2v) is 10.1. The van der Waals surface area contributed by atoms with Crippen molar-refractivity contribution in [2.45, 2.75) is 65.0 Å². The zero-order valence-electron chi connectivity index (χ0n) is 18.7. The second kappa shape index (κ2) is 13.5. The first-order valence-electron chi connectivity index (χ1n) is 10.7. The molecule has 1 fully saturated rings. The summed E-state index contributed by atoms with van der Waals surface area (Å²) in [7, 11) is -2.90. The highest BCUT2D eigenvalue weighted by Gasteiger charge is 2.21. The zero-order valence-corrected chi connectivity index (χ0v) is 21.8. The number of hydrogen-bond acceptors (Lipinski definition) is 6. The fraction of sp³-hybridized carbons (Fsp3) is 0.800. The van der Waals surface area contributed by atoms with Gasteiger partial charge < -0.3 is 20.1 Å². The quantitative estimate of drug-likeness (QED) is 0.260. The summed E-state index contributed by atoms with van der Waals surface area (Å²) in [4.78, 5) is 6.88. The Morgan fingerprint density at radius 2 is 1.97 bits per heavy atom. The van der Waals surface area contributed by atoms with Gasteiger partial charge in [0, 0.05) is 50.5 Å². The van der Waals surface area contributed by atoms with Gasteiger partial charge in [-0.3, -0.25) is 0 Å². The van der Waals surface area contributed by atoms with Crippen LogP contribution in [0.25, 0.3) is 0 Å². The van der Waals surface area contributed by atoms with Crippen LogP contribution in [0.15, 0.2) is 15.6 Å². The van der Waals surface area contributed by atoms with Gasteiger partial charge in [-0.2, -0.15) is 0 Å². The van der Waals surface area contributed by atoms with E-state index in [0.29, 0.717) is 25.0 Å². The Balaban J connectivity index is 0.00000450. The van der Waals surface area contributed by atoms with Crippen molar-refractivity contribution in [3.05, 3.63) is 17.5 Å². The third-order valence-corrected chi connectivity index (χ3v) is 6.35. The van der Waals surface area contributed by atoms with Crippen LogP contribution in [0.2, 0.25) is 0 Å². The van der Waals surface area contributed by atoms with Crippen LogP contribution in [0.3, 0.4) is 0 Å². The number of sulfone groups is 1. The molecule has 0 bridgehead atoms. The van der Waals surface area contributed by atoms with Crippen LogP contribution in [-0.2, 0) is 16.4 Å². The Morgan fingerprint density at radius 1 is 1.30 bits per heavy atom. The van der Waals surface area contributed by atoms with Crippen molar-refractivity contribution < 1.29 is 12.9 Å². The lowest BCUT2D eigenvalue weighted by Gasteiger charge is -2.32. The van der Waals surface area contributed by atoms with Crippen LogP contribution >= 0.6 is 24.0 Å². The van der Waals surface area contributed by atoms with Gasteiger partial charge in [0.1, 0.15) is 16.4 Å². The molecule has 2 rings (SSSR count). The molecule has 1 aromatic rings. The maximum atomic E-state index is 11.3. The summed E-state index contributed by atoms with van der Waals surface area (Å²) in [5.74, 6) is 2.23. The number of hydrogen-bond donors (Lipinski definition) is 2. The van der Waals surface area contributed by atoms with Gasteiger partial charge in [0.2, 0.25) is 0 Å². The van der Waals surface area contributed by atoms with Gasteiger partial charge in [-0.15, -0.1) is 24.0 Å². The van der Waals surface area contributed by atoms with Crippen molar-refractivity contribution in [3.8, 4) is 0 Å². The third-order valence-electron chi connectivity index (χ3n) is 5.43. The van der Waals surface area contributed by atoms with Crippen LogP contribution in [-0.4, -0.2) is 68.7 Å². The molecular weight excluding hydrogens is 517 g/mol. The van der Waals surface area contributed by atoms with Crippen molar-refractivity contribution in [2.75, 3.05) is 38.2 Å². The monoisotopic (exact) mass is 555 g/mol. The summed E-state index contributed by atoms with van der Waals surface area (Å²) < 4.78 is 28.2. The molecule has 0 spiro atoms. The molecule has 1 saturated heterocycles. The lowest BCUT2D eigenvalue weighted by atomic mass is 9.99. The van der Waals surface area contributed by atoms with E-state index in [2.05, 4.69) is 39.5 Å². The highest BCUT2D eigenvalue weighted by Crippen LogP contribution is 2.22. The topological polar surface area (TPSA) is 99.8 Å². The normalized spacial score (nSPS) is 16.5. The second-order valence-electron chi connectivity index (χ2n) is 7.82. The van der Waals surface area contributed by atoms with Crippen molar-refractivity contribution in [1.82, 2.24) is 20.7 Å². The number of piperidine rings is 1. The Kier molecular flexibility index (Phi) is 12.2. The van der Waals surface area contributed by atoms with E-state index in [4.69, 9.17) is 4.52 Å². The molecule has 0 aliphatic carbocycles. The molecule has 2 N–H and O–H groups in total. The Hall–Kier alpha value is -0.880. The van der Waals surface area contributed by atoms with E-state index in [9.17, 15) is 8.42 Å². The summed E-state index contributed by atoms with van der Waals surface area (Å²) in [6.45, 7) is 10.0. The zero-order chi connectivity index (χ0) is 21.3. The van der Waals surface area contributed by atoms with Gasteiger partial charge in [0.05, 0.1) is 11.4 Å². The largest absolute Gasteiger partial charge is 0.359 e. The molecule has 174 valence electrons. The standard InChI is InChI=1S/C20H37N5O3S.HI/c1-5-16(6-2)19-14-18(28-24-19)15-22-20(21-7-3)23-17-8-10-25(11-9-17)12-13-29(4,26)27;/h14,16-17H,5-13,15H2,1-4H3,(H2,21,22,23);1H. The average Bonchev–Trinajstić information content (AvgIpc) is 3.15. The maximum Gasteiger partial charge on any atom is 0.191 e. The van der Waals surface area contributed by atoms with E-state index in [1.54, 1.807) is 0 Å². The highest BCUT2D eigenvalue weighted by atomic mass is 127. The Morgan fingerprint density at radius 3 is 2.53 bits per heavy atom. The number of nitrogens with zero attached hydrogens (tertiary/aromatic N) is 3. The minimum absolute atomic E-state index is 0. The molecule has 30 heavy (non-hydrogen) atoms. The number of aromatic nitrogens is 1. The summed E-state index contributed by atoms with van der Waals surface area (Å²) in [6, 6.07) is 2.35. The number of aliphatic imine (C=N–C) groups is 1. The summed E-state index contributed by atoms with van der Waals surface area (Å²) >= 11 is 0. The van der Waals surface area contributed by atoms with E-state index in [-0.39, 0.29) is 29.7 Å². The average molecular weight is 556 g/mol. The van der Waals surface area contributed by atoms with Crippen molar-refractivity contribution >= 4 is 39.8 Å². The molecule has 0 saturated carbocycles. The summed E-state index contributed by atoms with van der Waals surface area (Å²) in [5.41, 5.74) is 1.01. The van der Waals surface area contributed by atoms with Crippen LogP contribution in [0.4, 0.5) is 0 Å². The molecule has 0 unspecified atom stereocenters. The lowest BCUT2D eigenvalue weighted by Crippen LogP contribution is -2.49. The predicted octanol–water partition coefficient (Wildman–Crippen LogP) is 2.76. The molecule has 0 atom stereocenters. The number of nitrogens with one attached hydrogen (secondary N) is 2. The van der Waals surface area contributed by atoms with E-state index in [1.165, 1.54) is 6.26 Å². The van der Waals surface area contributed by atoms with E-state index >= 15 is 0 Å². The minimum atomic E-state index is -2.90. The van der Waals surface area contributed by atoms with Crippen LogP contribution < -0.4 is 10.6 Å². The predicted molar refractivity (Wildman–Crippen MR) is 132 cm³/mol. The molecule has 10 heteroatoms. The number of likely N-dealkylation sites (tertiary alicyclic amines) is 1. The van der Waals surface area contributed by atoms with Crippen molar-refractivity contribution in [1.29, 1.82) is 0 Å². The molecule has 0 amide bonds. The van der Waals surface area contributed by atoms with E-state index in [0.717, 1.165) is 62.7 Å². The smallest absolute Gasteiger partial charge is 0.191 e. The molecule has 0 aromatic carbocycles. The van der Waals surface area contributed by atoms with Gasteiger partial charge in [0.25, 0.3) is 0 Å². The highest BCUT2D eigenvalue weighted by molar-refractivity contribution is 14.0. The SMILES string of the molecule is CCNC(=NCc1cc(C(CC)CC)no1)NC1CCN(CCS(C)(=O)=O)CC1.I. The van der Waals surface area contributed by atoms with Crippen LogP contribution in [0.5, 0.6) is 0 Å². The Labute approximate surface area is 198 Å². The first-order chi connectivity index (χ1) is 13.8. The first kappa shape index (κ1) is 27.2. The molecule has 0 radical (unpaired) electrons. The molecule has 2 heterocycles. The van der Waals surface area contributed by atoms with Gasteiger partial charge in [-0.25, -0.2) is 13.4 Å². The minimum Gasteiger partial charge on any atom is -0.359 e. The maximum absolute atomic E-state index is 11.3. The molecule has 1 aliphatic heterocycles. The molecule has 8 nitrogen and oxygen atoms in total.